The third-order valence-electron chi connectivity index (χ3n) is 2.64. The lowest BCUT2D eigenvalue weighted by atomic mass is 10.1. The minimum atomic E-state index is 0.437. The standard InChI is InChI=1S/C14H28OS/c1-4-5-6-7-8-9-10-11-14(15)12-16-13(2)3/h13H,4-12H2,1-3H3. The summed E-state index contributed by atoms with van der Waals surface area (Å²) in [5.74, 6) is 1.15. The Morgan fingerprint density at radius 3 is 2.12 bits per heavy atom. The molecule has 1 nitrogen and oxygen atoms in total. The number of hydrogen-bond donors (Lipinski definition) is 0. The minimum Gasteiger partial charge on any atom is -0.299 e. The molecule has 0 N–H and O–H groups in total. The molecule has 0 rings (SSSR count). The molecule has 0 aromatic heterocycles. The average molecular weight is 244 g/mol. The minimum absolute atomic E-state index is 0.437. The summed E-state index contributed by atoms with van der Waals surface area (Å²) in [6.07, 6.45) is 9.84. The molecule has 2 heteroatoms. The normalized spacial score (nSPS) is 11.0. The number of hydrogen-bond acceptors (Lipinski definition) is 2. The highest BCUT2D eigenvalue weighted by Gasteiger charge is 2.03. The summed E-state index contributed by atoms with van der Waals surface area (Å²) in [7, 11) is 0. The maximum absolute atomic E-state index is 11.5. The van der Waals surface area contributed by atoms with Gasteiger partial charge in [-0.1, -0.05) is 59.3 Å². The first kappa shape index (κ1) is 16.0. The van der Waals surface area contributed by atoms with Gasteiger partial charge in [0.2, 0.25) is 0 Å². The van der Waals surface area contributed by atoms with Gasteiger partial charge < -0.3 is 0 Å². The summed E-state index contributed by atoms with van der Waals surface area (Å²) in [5, 5.41) is 0.581. The molecular weight excluding hydrogens is 216 g/mol. The SMILES string of the molecule is CCCCCCCCCC(=O)CSC(C)C. The number of ketones is 1. The van der Waals surface area contributed by atoms with E-state index in [0.29, 0.717) is 16.8 Å². The van der Waals surface area contributed by atoms with Gasteiger partial charge in [-0.05, 0) is 11.7 Å². The molecule has 0 fully saturated rings. The summed E-state index contributed by atoms with van der Waals surface area (Å²) in [5.41, 5.74) is 0. The number of Topliss-reactive ketones (excluding diaryl/α,β-unsaturated/α-hetero) is 1. The highest BCUT2D eigenvalue weighted by molar-refractivity contribution is 8.00. The summed E-state index contributed by atoms with van der Waals surface area (Å²) >= 11 is 1.76. The van der Waals surface area contributed by atoms with E-state index in [0.717, 1.165) is 12.8 Å². The second kappa shape index (κ2) is 11.5. The van der Waals surface area contributed by atoms with Crippen LogP contribution in [0, 0.1) is 0 Å². The zero-order valence-electron chi connectivity index (χ0n) is 11.3. The summed E-state index contributed by atoms with van der Waals surface area (Å²) in [6, 6.07) is 0. The van der Waals surface area contributed by atoms with Gasteiger partial charge in [0.1, 0.15) is 5.78 Å². The molecule has 0 aliphatic carbocycles. The molecule has 0 bridgehead atoms. The molecule has 16 heavy (non-hydrogen) atoms. The van der Waals surface area contributed by atoms with E-state index in [2.05, 4.69) is 20.8 Å². The van der Waals surface area contributed by atoms with Crippen LogP contribution in [0.1, 0.15) is 72.1 Å². The summed E-state index contributed by atoms with van der Waals surface area (Å²) < 4.78 is 0. The molecule has 0 aliphatic heterocycles. The topological polar surface area (TPSA) is 17.1 Å². The lowest BCUT2D eigenvalue weighted by Crippen LogP contribution is -2.03. The van der Waals surface area contributed by atoms with Crippen LogP contribution in [0.2, 0.25) is 0 Å². The van der Waals surface area contributed by atoms with Crippen molar-refractivity contribution in [2.24, 2.45) is 0 Å². The average Bonchev–Trinajstić information content (AvgIpc) is 2.25. The molecule has 0 spiro atoms. The molecule has 0 heterocycles. The number of unbranched alkanes of at least 4 members (excludes halogenated alkanes) is 6. The Balaban J connectivity index is 3.15. The fraction of sp³-hybridized carbons (Fsp3) is 0.929. The van der Waals surface area contributed by atoms with Crippen LogP contribution in [0.5, 0.6) is 0 Å². The van der Waals surface area contributed by atoms with E-state index < -0.39 is 0 Å². The number of carbonyl (C=O) groups is 1. The maximum Gasteiger partial charge on any atom is 0.142 e. The Labute approximate surface area is 106 Å². The van der Waals surface area contributed by atoms with Crippen molar-refractivity contribution < 1.29 is 4.79 Å². The van der Waals surface area contributed by atoms with E-state index >= 15 is 0 Å². The third kappa shape index (κ3) is 12.1. The van der Waals surface area contributed by atoms with Crippen LogP contribution in [0.15, 0.2) is 0 Å². The van der Waals surface area contributed by atoms with Crippen LogP contribution in [-0.2, 0) is 4.79 Å². The molecule has 96 valence electrons. The summed E-state index contributed by atoms with van der Waals surface area (Å²) in [6.45, 7) is 6.53. The van der Waals surface area contributed by atoms with Gasteiger partial charge in [0.15, 0.2) is 0 Å². The zero-order chi connectivity index (χ0) is 12.2. The Hall–Kier alpha value is 0.0200. The van der Waals surface area contributed by atoms with Crippen LogP contribution < -0.4 is 0 Å². The fourth-order valence-electron chi connectivity index (χ4n) is 1.61. The Morgan fingerprint density at radius 2 is 1.56 bits per heavy atom. The predicted octanol–water partition coefficient (Wildman–Crippen LogP) is 4.84. The first-order valence-electron chi connectivity index (χ1n) is 6.80. The van der Waals surface area contributed by atoms with Crippen LogP contribution in [0.3, 0.4) is 0 Å². The van der Waals surface area contributed by atoms with E-state index in [-0.39, 0.29) is 0 Å². The van der Waals surface area contributed by atoms with Crippen molar-refractivity contribution in [2.45, 2.75) is 77.4 Å². The second-order valence-electron chi connectivity index (χ2n) is 4.77. The monoisotopic (exact) mass is 244 g/mol. The molecule has 0 aliphatic rings. The quantitative estimate of drug-likeness (QED) is 0.484. The van der Waals surface area contributed by atoms with E-state index in [1.54, 1.807) is 11.8 Å². The highest BCUT2D eigenvalue weighted by Crippen LogP contribution is 2.12. The number of thioether (sulfide) groups is 1. The van der Waals surface area contributed by atoms with E-state index in [1.165, 1.54) is 38.5 Å². The molecule has 0 atom stereocenters. The van der Waals surface area contributed by atoms with Crippen LogP contribution in [0.4, 0.5) is 0 Å². The molecular formula is C14H28OS. The van der Waals surface area contributed by atoms with Crippen molar-refractivity contribution >= 4 is 17.5 Å². The third-order valence-corrected chi connectivity index (χ3v) is 3.79. The van der Waals surface area contributed by atoms with E-state index in [4.69, 9.17) is 0 Å². The smallest absolute Gasteiger partial charge is 0.142 e. The van der Waals surface area contributed by atoms with Crippen molar-refractivity contribution in [1.82, 2.24) is 0 Å². The van der Waals surface area contributed by atoms with Crippen molar-refractivity contribution in [3.63, 3.8) is 0 Å². The van der Waals surface area contributed by atoms with Crippen molar-refractivity contribution in [2.75, 3.05) is 5.75 Å². The predicted molar refractivity (Wildman–Crippen MR) is 75.2 cm³/mol. The zero-order valence-corrected chi connectivity index (χ0v) is 12.1. The van der Waals surface area contributed by atoms with Gasteiger partial charge >= 0.3 is 0 Å². The molecule has 0 radical (unpaired) electrons. The van der Waals surface area contributed by atoms with Gasteiger partial charge in [0.25, 0.3) is 0 Å². The lowest BCUT2D eigenvalue weighted by Gasteiger charge is -2.04. The molecule has 0 aromatic rings. The van der Waals surface area contributed by atoms with Gasteiger partial charge in [-0.3, -0.25) is 4.79 Å². The van der Waals surface area contributed by atoms with Crippen LogP contribution in [0.25, 0.3) is 0 Å². The van der Waals surface area contributed by atoms with Gasteiger partial charge in [0.05, 0.1) is 5.75 Å². The van der Waals surface area contributed by atoms with Crippen molar-refractivity contribution in [1.29, 1.82) is 0 Å². The molecule has 0 aromatic carbocycles. The second-order valence-corrected chi connectivity index (χ2v) is 6.33. The van der Waals surface area contributed by atoms with Crippen LogP contribution >= 0.6 is 11.8 Å². The van der Waals surface area contributed by atoms with Crippen LogP contribution in [-0.4, -0.2) is 16.8 Å². The van der Waals surface area contributed by atoms with Gasteiger partial charge in [0, 0.05) is 6.42 Å². The lowest BCUT2D eigenvalue weighted by molar-refractivity contribution is -0.116. The van der Waals surface area contributed by atoms with E-state index in [1.807, 2.05) is 0 Å². The summed E-state index contributed by atoms with van der Waals surface area (Å²) in [4.78, 5) is 11.5. The molecule has 0 saturated carbocycles. The number of rotatable bonds is 11. The fourth-order valence-corrected chi connectivity index (χ4v) is 2.27. The Morgan fingerprint density at radius 1 is 1.00 bits per heavy atom. The molecule has 0 unspecified atom stereocenters. The first-order chi connectivity index (χ1) is 7.66. The Kier molecular flexibility index (Phi) is 11.5. The maximum atomic E-state index is 11.5. The largest absolute Gasteiger partial charge is 0.299 e. The molecule has 0 amide bonds. The van der Waals surface area contributed by atoms with Gasteiger partial charge in [-0.2, -0.15) is 11.8 Å². The Bertz CT molecular complexity index is 166. The van der Waals surface area contributed by atoms with Gasteiger partial charge in [-0.15, -0.1) is 0 Å². The van der Waals surface area contributed by atoms with E-state index in [9.17, 15) is 4.79 Å². The van der Waals surface area contributed by atoms with Gasteiger partial charge in [-0.25, -0.2) is 0 Å². The number of carbonyl (C=O) groups excluding carboxylic acids is 1. The van der Waals surface area contributed by atoms with Crippen molar-refractivity contribution in [3.8, 4) is 0 Å². The first-order valence-corrected chi connectivity index (χ1v) is 7.85. The molecule has 0 saturated heterocycles. The highest BCUT2D eigenvalue weighted by atomic mass is 32.2. The van der Waals surface area contributed by atoms with Crippen molar-refractivity contribution in [3.05, 3.63) is 0 Å².